The van der Waals surface area contributed by atoms with E-state index in [1.807, 2.05) is 0 Å². The summed E-state index contributed by atoms with van der Waals surface area (Å²) in [5.74, 6) is -2.70. The van der Waals surface area contributed by atoms with E-state index in [1.54, 1.807) is 0 Å². The molecule has 0 N–H and O–H groups in total. The van der Waals surface area contributed by atoms with Crippen LogP contribution in [0.2, 0.25) is 0 Å². The minimum atomic E-state index is -3.61. The maximum absolute atomic E-state index is 11.7. The van der Waals surface area contributed by atoms with Crippen molar-refractivity contribution in [3.63, 3.8) is 0 Å². The van der Waals surface area contributed by atoms with Crippen LogP contribution in [0.1, 0.15) is 0 Å². The normalized spacial score (nSPS) is 36.2. The second-order valence-electron chi connectivity index (χ2n) is 3.81. The second-order valence-corrected chi connectivity index (χ2v) is 7.18. The first-order valence-corrected chi connectivity index (χ1v) is 7.72. The molecule has 2 fully saturated rings. The van der Waals surface area contributed by atoms with Crippen molar-refractivity contribution in [2.75, 3.05) is 24.7 Å². The number of ketones is 1. The Labute approximate surface area is 93.0 Å². The summed E-state index contributed by atoms with van der Waals surface area (Å²) in [5.41, 5.74) is 0. The highest BCUT2D eigenvalue weighted by atomic mass is 32.2. The van der Waals surface area contributed by atoms with E-state index in [1.165, 1.54) is 0 Å². The van der Waals surface area contributed by atoms with Crippen LogP contribution in [-0.4, -0.2) is 47.3 Å². The Hall–Kier alpha value is -0.510. The summed E-state index contributed by atoms with van der Waals surface area (Å²) in [7, 11) is -7.22. The zero-order chi connectivity index (χ0) is 12.0. The van der Waals surface area contributed by atoms with Crippen LogP contribution in [-0.2, 0) is 33.4 Å². The highest BCUT2D eigenvalue weighted by molar-refractivity contribution is 7.87. The van der Waals surface area contributed by atoms with Gasteiger partial charge in [-0.25, -0.2) is 0 Å². The molecular formula is C7H10O7S2. The van der Waals surface area contributed by atoms with E-state index in [4.69, 9.17) is 0 Å². The Bertz CT molecular complexity index is 457. The lowest BCUT2D eigenvalue weighted by molar-refractivity contribution is -0.126. The number of carbonyl (C=O) groups is 1. The number of rotatable bonds is 2. The van der Waals surface area contributed by atoms with Gasteiger partial charge in [0.1, 0.15) is 5.78 Å². The van der Waals surface area contributed by atoms with Gasteiger partial charge in [0, 0.05) is 0 Å². The van der Waals surface area contributed by atoms with E-state index in [9.17, 15) is 21.6 Å². The summed E-state index contributed by atoms with van der Waals surface area (Å²) in [6.07, 6.45) is 0. The van der Waals surface area contributed by atoms with Gasteiger partial charge in [-0.05, 0) is 0 Å². The minimum Gasteiger partial charge on any atom is -0.299 e. The fourth-order valence-corrected chi connectivity index (χ4v) is 4.16. The van der Waals surface area contributed by atoms with Gasteiger partial charge in [0.25, 0.3) is 20.2 Å². The molecule has 2 unspecified atom stereocenters. The largest absolute Gasteiger partial charge is 0.299 e. The third kappa shape index (κ3) is 2.42. The van der Waals surface area contributed by atoms with Crippen molar-refractivity contribution in [2.24, 2.45) is 11.8 Å². The van der Waals surface area contributed by atoms with E-state index < -0.39 is 37.9 Å². The molecule has 0 saturated carbocycles. The SMILES string of the molecule is O=C(C1COS(=O)(=O)C1)C1COS(=O)(=O)C1. The first-order chi connectivity index (χ1) is 7.29. The molecular weight excluding hydrogens is 260 g/mol. The fraction of sp³-hybridized carbons (Fsp3) is 0.857. The fourth-order valence-electron chi connectivity index (χ4n) is 1.72. The molecule has 7 nitrogen and oxygen atoms in total. The lowest BCUT2D eigenvalue weighted by atomic mass is 9.97. The average Bonchev–Trinajstić information content (AvgIpc) is 2.68. The molecule has 0 aromatic heterocycles. The molecule has 92 valence electrons. The van der Waals surface area contributed by atoms with Crippen LogP contribution >= 0.6 is 0 Å². The molecule has 0 amide bonds. The topological polar surface area (TPSA) is 104 Å². The number of hydrogen-bond acceptors (Lipinski definition) is 7. The Morgan fingerprint density at radius 3 is 1.50 bits per heavy atom. The molecule has 0 radical (unpaired) electrons. The molecule has 2 atom stereocenters. The number of carbonyl (C=O) groups excluding carboxylic acids is 1. The minimum absolute atomic E-state index is 0.197. The summed E-state index contributed by atoms with van der Waals surface area (Å²) in [6, 6.07) is 0. The molecule has 9 heteroatoms. The highest BCUT2D eigenvalue weighted by Gasteiger charge is 2.42. The molecule has 0 aliphatic carbocycles. The molecule has 0 bridgehead atoms. The van der Waals surface area contributed by atoms with Crippen LogP contribution in [0.25, 0.3) is 0 Å². The zero-order valence-electron chi connectivity index (χ0n) is 8.16. The van der Waals surface area contributed by atoms with E-state index in [0.717, 1.165) is 0 Å². The van der Waals surface area contributed by atoms with Crippen LogP contribution < -0.4 is 0 Å². The van der Waals surface area contributed by atoms with Crippen molar-refractivity contribution in [2.45, 2.75) is 0 Å². The monoisotopic (exact) mass is 270 g/mol. The zero-order valence-corrected chi connectivity index (χ0v) is 9.79. The Morgan fingerprint density at radius 2 is 1.25 bits per heavy atom. The number of Topliss-reactive ketones (excluding diaryl/α,β-unsaturated/α-hetero) is 1. The van der Waals surface area contributed by atoms with Crippen molar-refractivity contribution >= 4 is 26.0 Å². The molecule has 0 spiro atoms. The van der Waals surface area contributed by atoms with E-state index in [2.05, 4.69) is 8.37 Å². The average molecular weight is 270 g/mol. The Balaban J connectivity index is 2.05. The van der Waals surface area contributed by atoms with Gasteiger partial charge < -0.3 is 0 Å². The standard InChI is InChI=1S/C7H10O7S2/c8-7(5-1-13-15(9,10)3-5)6-2-14-16(11,12)4-6/h5-6H,1-4H2. The van der Waals surface area contributed by atoms with Gasteiger partial charge in [-0.3, -0.25) is 13.2 Å². The van der Waals surface area contributed by atoms with Gasteiger partial charge in [-0.2, -0.15) is 16.8 Å². The van der Waals surface area contributed by atoms with Crippen LogP contribution in [0.3, 0.4) is 0 Å². The van der Waals surface area contributed by atoms with Crippen molar-refractivity contribution < 1.29 is 30.0 Å². The van der Waals surface area contributed by atoms with Crippen LogP contribution in [0, 0.1) is 11.8 Å². The van der Waals surface area contributed by atoms with Gasteiger partial charge >= 0.3 is 0 Å². The Morgan fingerprint density at radius 1 is 0.875 bits per heavy atom. The summed E-state index contributed by atoms with van der Waals surface area (Å²) in [6.45, 7) is -0.393. The number of hydrogen-bond donors (Lipinski definition) is 0. The third-order valence-electron chi connectivity index (χ3n) is 2.51. The van der Waals surface area contributed by atoms with Crippen LogP contribution in [0.5, 0.6) is 0 Å². The van der Waals surface area contributed by atoms with Gasteiger partial charge in [0.05, 0.1) is 36.6 Å². The van der Waals surface area contributed by atoms with Gasteiger partial charge in [0.2, 0.25) is 0 Å². The quantitative estimate of drug-likeness (QED) is 0.563. The summed E-state index contributed by atoms with van der Waals surface area (Å²) in [4.78, 5) is 11.7. The van der Waals surface area contributed by atoms with Gasteiger partial charge in [-0.15, -0.1) is 0 Å². The van der Waals surface area contributed by atoms with Crippen LogP contribution in [0.15, 0.2) is 0 Å². The van der Waals surface area contributed by atoms with E-state index in [-0.39, 0.29) is 24.7 Å². The van der Waals surface area contributed by atoms with E-state index in [0.29, 0.717) is 0 Å². The lowest BCUT2D eigenvalue weighted by Gasteiger charge is -2.08. The molecule has 2 aliphatic rings. The summed E-state index contributed by atoms with van der Waals surface area (Å²) >= 11 is 0. The first kappa shape index (κ1) is 12.0. The van der Waals surface area contributed by atoms with Crippen molar-refractivity contribution in [3.05, 3.63) is 0 Å². The molecule has 2 rings (SSSR count). The van der Waals surface area contributed by atoms with Crippen molar-refractivity contribution in [1.29, 1.82) is 0 Å². The molecule has 2 heterocycles. The summed E-state index contributed by atoms with van der Waals surface area (Å²) < 4.78 is 52.7. The van der Waals surface area contributed by atoms with Crippen molar-refractivity contribution in [3.8, 4) is 0 Å². The first-order valence-electron chi connectivity index (χ1n) is 4.57. The summed E-state index contributed by atoms with van der Waals surface area (Å²) in [5, 5.41) is 0. The molecule has 2 aliphatic heterocycles. The maximum Gasteiger partial charge on any atom is 0.268 e. The van der Waals surface area contributed by atoms with Gasteiger partial charge in [-0.1, -0.05) is 0 Å². The van der Waals surface area contributed by atoms with E-state index >= 15 is 0 Å². The van der Waals surface area contributed by atoms with Gasteiger partial charge in [0.15, 0.2) is 0 Å². The third-order valence-corrected chi connectivity index (χ3v) is 5.12. The molecule has 0 aromatic rings. The lowest BCUT2D eigenvalue weighted by Crippen LogP contribution is -2.28. The predicted molar refractivity (Wildman–Crippen MR) is 51.5 cm³/mol. The predicted octanol–water partition coefficient (Wildman–Crippen LogP) is -1.49. The molecule has 16 heavy (non-hydrogen) atoms. The Kier molecular flexibility index (Phi) is 2.81. The maximum atomic E-state index is 11.7. The smallest absolute Gasteiger partial charge is 0.268 e. The molecule has 0 aromatic carbocycles. The second kappa shape index (κ2) is 3.76. The van der Waals surface area contributed by atoms with Crippen LogP contribution in [0.4, 0.5) is 0 Å². The molecule has 2 saturated heterocycles. The highest BCUT2D eigenvalue weighted by Crippen LogP contribution is 2.24. The van der Waals surface area contributed by atoms with Crippen molar-refractivity contribution in [1.82, 2.24) is 0 Å².